The number of amides is 1. The quantitative estimate of drug-likeness (QED) is 0.875. The van der Waals surface area contributed by atoms with Gasteiger partial charge in [0.15, 0.2) is 5.69 Å². The number of hydrogen-bond donors (Lipinski definition) is 2. The van der Waals surface area contributed by atoms with E-state index in [0.29, 0.717) is 11.3 Å². The Morgan fingerprint density at radius 3 is 2.50 bits per heavy atom. The molecule has 20 heavy (non-hydrogen) atoms. The van der Waals surface area contributed by atoms with Crippen molar-refractivity contribution in [1.29, 1.82) is 0 Å². The molecule has 0 aromatic carbocycles. The molecule has 0 radical (unpaired) electrons. The smallest absolute Gasteiger partial charge is 0.434 e. The first kappa shape index (κ1) is 16.4. The number of aromatic nitrogens is 1. The van der Waals surface area contributed by atoms with Crippen molar-refractivity contribution in [1.82, 2.24) is 10.3 Å². The van der Waals surface area contributed by atoms with E-state index in [0.717, 1.165) is 5.51 Å². The summed E-state index contributed by atoms with van der Waals surface area (Å²) in [6, 6.07) is -1.23. The van der Waals surface area contributed by atoms with Crippen LogP contribution in [-0.4, -0.2) is 28.0 Å². The fourth-order valence-electron chi connectivity index (χ4n) is 1.53. The van der Waals surface area contributed by atoms with Crippen molar-refractivity contribution in [3.05, 3.63) is 16.1 Å². The summed E-state index contributed by atoms with van der Waals surface area (Å²) >= 11 is 0.521. The van der Waals surface area contributed by atoms with Crippen molar-refractivity contribution in [2.75, 3.05) is 0 Å². The van der Waals surface area contributed by atoms with Crippen LogP contribution in [0.15, 0.2) is 5.51 Å². The van der Waals surface area contributed by atoms with Crippen molar-refractivity contribution in [2.45, 2.75) is 32.5 Å². The van der Waals surface area contributed by atoms with Crippen molar-refractivity contribution < 1.29 is 27.9 Å². The lowest BCUT2D eigenvalue weighted by Gasteiger charge is -2.16. The largest absolute Gasteiger partial charge is 0.480 e. The summed E-state index contributed by atoms with van der Waals surface area (Å²) in [7, 11) is 0. The number of alkyl halides is 3. The number of nitrogens with zero attached hydrogens (tertiary/aromatic N) is 1. The number of hydrogen-bond acceptors (Lipinski definition) is 4. The van der Waals surface area contributed by atoms with Crippen LogP contribution >= 0.6 is 11.3 Å². The number of carbonyl (C=O) groups excluding carboxylic acids is 1. The van der Waals surface area contributed by atoms with Crippen LogP contribution < -0.4 is 5.32 Å². The van der Waals surface area contributed by atoms with Crippen LogP contribution in [0.3, 0.4) is 0 Å². The van der Waals surface area contributed by atoms with Gasteiger partial charge in [0.1, 0.15) is 10.9 Å². The van der Waals surface area contributed by atoms with Crippen LogP contribution in [0.25, 0.3) is 0 Å². The Bertz CT molecular complexity index is 499. The van der Waals surface area contributed by atoms with Crippen molar-refractivity contribution in [3.8, 4) is 0 Å². The van der Waals surface area contributed by atoms with E-state index in [2.05, 4.69) is 10.3 Å². The Balaban J connectivity index is 2.90. The second-order valence-electron chi connectivity index (χ2n) is 4.52. The third-order valence-corrected chi connectivity index (χ3v) is 3.18. The first-order chi connectivity index (χ1) is 9.12. The first-order valence-corrected chi connectivity index (χ1v) is 6.55. The number of rotatable bonds is 5. The van der Waals surface area contributed by atoms with Gasteiger partial charge in [0, 0.05) is 0 Å². The van der Waals surface area contributed by atoms with E-state index in [9.17, 15) is 22.8 Å². The summed E-state index contributed by atoms with van der Waals surface area (Å²) in [5.41, 5.74) is -0.399. The number of carboxylic acid groups (broad SMARTS) is 1. The zero-order valence-electron chi connectivity index (χ0n) is 10.7. The highest BCUT2D eigenvalue weighted by Crippen LogP contribution is 2.32. The van der Waals surface area contributed by atoms with Gasteiger partial charge < -0.3 is 10.4 Å². The van der Waals surface area contributed by atoms with Gasteiger partial charge in [0.05, 0.1) is 5.51 Å². The lowest BCUT2D eigenvalue weighted by molar-refractivity contribution is -0.141. The molecular weight excluding hydrogens is 297 g/mol. The van der Waals surface area contributed by atoms with Gasteiger partial charge in [-0.05, 0) is 12.3 Å². The van der Waals surface area contributed by atoms with Gasteiger partial charge in [-0.25, -0.2) is 9.78 Å². The van der Waals surface area contributed by atoms with Gasteiger partial charge in [-0.1, -0.05) is 13.8 Å². The van der Waals surface area contributed by atoms with E-state index in [-0.39, 0.29) is 12.3 Å². The van der Waals surface area contributed by atoms with Crippen LogP contribution in [-0.2, 0) is 11.0 Å². The topological polar surface area (TPSA) is 79.3 Å². The fourth-order valence-corrected chi connectivity index (χ4v) is 2.24. The minimum atomic E-state index is -4.75. The fraction of sp³-hybridized carbons (Fsp3) is 0.545. The SMILES string of the molecule is CC(C)CC(NC(=O)c1scnc1C(F)(F)F)C(=O)O. The molecule has 1 aromatic heterocycles. The third kappa shape index (κ3) is 4.19. The lowest BCUT2D eigenvalue weighted by Crippen LogP contribution is -2.41. The van der Waals surface area contributed by atoms with Crippen molar-refractivity contribution >= 4 is 23.2 Å². The average Bonchev–Trinajstić information content (AvgIpc) is 2.75. The minimum absolute atomic E-state index is 0.0278. The number of carboxylic acids is 1. The monoisotopic (exact) mass is 310 g/mol. The minimum Gasteiger partial charge on any atom is -0.480 e. The van der Waals surface area contributed by atoms with E-state index < -0.39 is 34.7 Å². The predicted octanol–water partition coefficient (Wildman–Crippen LogP) is 2.39. The molecule has 0 saturated carbocycles. The molecule has 0 aliphatic rings. The summed E-state index contributed by atoms with van der Waals surface area (Å²) in [5, 5.41) is 11.0. The Labute approximate surface area is 116 Å². The molecule has 0 saturated heterocycles. The Morgan fingerprint density at radius 2 is 2.05 bits per heavy atom. The van der Waals surface area contributed by atoms with Gasteiger partial charge in [0.25, 0.3) is 5.91 Å². The van der Waals surface area contributed by atoms with Gasteiger partial charge >= 0.3 is 12.1 Å². The van der Waals surface area contributed by atoms with Gasteiger partial charge in [-0.15, -0.1) is 11.3 Å². The van der Waals surface area contributed by atoms with Crippen molar-refractivity contribution in [3.63, 3.8) is 0 Å². The molecule has 0 fully saturated rings. The summed E-state index contributed by atoms with van der Waals surface area (Å²) in [5.74, 6) is -2.39. The molecule has 1 aromatic rings. The molecule has 1 atom stereocenters. The lowest BCUT2D eigenvalue weighted by atomic mass is 10.0. The van der Waals surface area contributed by atoms with Crippen LogP contribution in [0.4, 0.5) is 13.2 Å². The third-order valence-electron chi connectivity index (χ3n) is 2.35. The Hall–Kier alpha value is -1.64. The highest BCUT2D eigenvalue weighted by molar-refractivity contribution is 7.11. The second-order valence-corrected chi connectivity index (χ2v) is 5.38. The number of carbonyl (C=O) groups is 2. The van der Waals surface area contributed by atoms with Gasteiger partial charge in [-0.3, -0.25) is 4.79 Å². The average molecular weight is 310 g/mol. The van der Waals surface area contributed by atoms with E-state index in [1.807, 2.05) is 0 Å². The molecule has 0 bridgehead atoms. The van der Waals surface area contributed by atoms with Crippen LogP contribution in [0.5, 0.6) is 0 Å². The highest BCUT2D eigenvalue weighted by atomic mass is 32.1. The molecule has 9 heteroatoms. The summed E-state index contributed by atoms with van der Waals surface area (Å²) in [6.07, 6.45) is -4.62. The van der Waals surface area contributed by atoms with Crippen molar-refractivity contribution in [2.24, 2.45) is 5.92 Å². The second kappa shape index (κ2) is 6.21. The van der Waals surface area contributed by atoms with Crippen LogP contribution in [0.1, 0.15) is 35.6 Å². The van der Waals surface area contributed by atoms with E-state index in [1.165, 1.54) is 0 Å². The molecular formula is C11H13F3N2O3S. The molecule has 0 aliphatic carbocycles. The summed E-state index contributed by atoms with van der Waals surface area (Å²) < 4.78 is 37.8. The summed E-state index contributed by atoms with van der Waals surface area (Å²) in [4.78, 5) is 25.2. The molecule has 1 amide bonds. The molecule has 1 heterocycles. The van der Waals surface area contributed by atoms with E-state index >= 15 is 0 Å². The maximum absolute atomic E-state index is 12.6. The van der Waals surface area contributed by atoms with Gasteiger partial charge in [0.2, 0.25) is 0 Å². The molecule has 112 valence electrons. The Morgan fingerprint density at radius 1 is 1.45 bits per heavy atom. The molecule has 5 nitrogen and oxygen atoms in total. The Kier molecular flexibility index (Phi) is 5.09. The summed E-state index contributed by atoms with van der Waals surface area (Å²) in [6.45, 7) is 3.49. The molecule has 1 unspecified atom stereocenters. The molecule has 2 N–H and O–H groups in total. The molecule has 0 aliphatic heterocycles. The van der Waals surface area contributed by atoms with E-state index in [1.54, 1.807) is 13.8 Å². The maximum atomic E-state index is 12.6. The zero-order valence-corrected chi connectivity index (χ0v) is 11.5. The first-order valence-electron chi connectivity index (χ1n) is 5.67. The highest BCUT2D eigenvalue weighted by Gasteiger charge is 2.39. The normalized spacial score (nSPS) is 13.3. The molecule has 0 spiro atoms. The van der Waals surface area contributed by atoms with Gasteiger partial charge in [-0.2, -0.15) is 13.2 Å². The number of thiazole rings is 1. The zero-order chi connectivity index (χ0) is 15.5. The standard InChI is InChI=1S/C11H13F3N2O3S/c1-5(2)3-6(10(18)19)16-9(17)7-8(11(12,13)14)15-4-20-7/h4-6H,3H2,1-2H3,(H,16,17)(H,18,19). The predicted molar refractivity (Wildman–Crippen MR) is 65.5 cm³/mol. The van der Waals surface area contributed by atoms with E-state index in [4.69, 9.17) is 5.11 Å². The maximum Gasteiger partial charge on any atom is 0.434 e. The molecule has 1 rings (SSSR count). The van der Waals surface area contributed by atoms with Crippen LogP contribution in [0.2, 0.25) is 0 Å². The number of aliphatic carboxylic acids is 1. The number of halogens is 3. The van der Waals surface area contributed by atoms with Crippen LogP contribution in [0, 0.1) is 5.92 Å². The number of nitrogens with one attached hydrogen (secondary N) is 1.